The van der Waals surface area contributed by atoms with Crippen LogP contribution in [0.4, 0.5) is 0 Å². The van der Waals surface area contributed by atoms with Gasteiger partial charge in [0.2, 0.25) is 0 Å². The van der Waals surface area contributed by atoms with Gasteiger partial charge in [0.15, 0.2) is 0 Å². The third-order valence-corrected chi connectivity index (χ3v) is 7.74. The first-order chi connectivity index (χ1) is 7.61. The third-order valence-electron chi connectivity index (χ3n) is 3.52. The summed E-state index contributed by atoms with van der Waals surface area (Å²) in [5.74, 6) is 0. The van der Waals surface area contributed by atoms with Crippen molar-refractivity contribution >= 4 is 0 Å². The standard InChI is InChI=1S/C13H15.CH3O.Zr/c1-12(7-3-4-8-12)11-13(2)9-5-6-10-13;1-2;/h3-11H,1-2H3;1H3;/q;-1;+1. The van der Waals surface area contributed by atoms with E-state index in [0.29, 0.717) is 3.63 Å². The summed E-state index contributed by atoms with van der Waals surface area (Å²) in [6.07, 6.45) is 17.9. The third kappa shape index (κ3) is 2.10. The Morgan fingerprint density at radius 2 is 1.25 bits per heavy atom. The number of hydrogen-bond donors (Lipinski definition) is 0. The summed E-state index contributed by atoms with van der Waals surface area (Å²) in [6, 6.07) is 0. The van der Waals surface area contributed by atoms with E-state index in [1.807, 2.05) is 7.11 Å². The molecule has 0 amide bonds. The SMILES string of the molecule is C[O][Zr][CH](C1(C)C=CC=C1)C1(C)C=CC=C1. The Morgan fingerprint density at radius 1 is 0.875 bits per heavy atom. The van der Waals surface area contributed by atoms with Gasteiger partial charge in [0.05, 0.1) is 0 Å². The summed E-state index contributed by atoms with van der Waals surface area (Å²) in [5, 5.41) is 0. The normalized spacial score (nSPS) is 23.5. The van der Waals surface area contributed by atoms with Crippen LogP contribution in [0.1, 0.15) is 13.8 Å². The second-order valence-corrected chi connectivity index (χ2v) is 7.93. The van der Waals surface area contributed by atoms with E-state index in [0.717, 1.165) is 0 Å². The molecule has 0 unspecified atom stereocenters. The van der Waals surface area contributed by atoms with E-state index < -0.39 is 23.7 Å². The van der Waals surface area contributed by atoms with Gasteiger partial charge in [0.25, 0.3) is 0 Å². The van der Waals surface area contributed by atoms with Crippen LogP contribution in [0, 0.1) is 10.8 Å². The fourth-order valence-corrected chi connectivity index (χ4v) is 5.36. The van der Waals surface area contributed by atoms with Gasteiger partial charge in [-0.1, -0.05) is 0 Å². The molecule has 2 heteroatoms. The molecule has 0 atom stereocenters. The topological polar surface area (TPSA) is 9.23 Å². The van der Waals surface area contributed by atoms with Crippen LogP contribution in [-0.2, 0) is 26.5 Å². The summed E-state index contributed by atoms with van der Waals surface area (Å²) < 4.78 is 6.20. The molecule has 0 N–H and O–H groups in total. The molecule has 0 radical (unpaired) electrons. The van der Waals surface area contributed by atoms with Crippen LogP contribution in [-0.4, -0.2) is 7.11 Å². The average Bonchev–Trinajstić information content (AvgIpc) is 2.85. The summed E-state index contributed by atoms with van der Waals surface area (Å²) in [4.78, 5) is 0. The zero-order chi connectivity index (χ0) is 11.6. The quantitative estimate of drug-likeness (QED) is 0.768. The second-order valence-electron chi connectivity index (χ2n) is 4.92. The zero-order valence-corrected chi connectivity index (χ0v) is 12.6. The molecule has 0 spiro atoms. The second kappa shape index (κ2) is 4.58. The van der Waals surface area contributed by atoms with Crippen molar-refractivity contribution in [2.45, 2.75) is 17.5 Å². The first-order valence-electron chi connectivity index (χ1n) is 5.63. The van der Waals surface area contributed by atoms with Crippen molar-refractivity contribution in [3.63, 3.8) is 0 Å². The van der Waals surface area contributed by atoms with E-state index in [1.54, 1.807) is 0 Å². The maximum absolute atomic E-state index is 5.59. The zero-order valence-electron chi connectivity index (χ0n) is 10.1. The molecule has 2 rings (SSSR count). The van der Waals surface area contributed by atoms with E-state index in [1.165, 1.54) is 0 Å². The molecule has 0 fully saturated rings. The van der Waals surface area contributed by atoms with Gasteiger partial charge in [-0.25, -0.2) is 0 Å². The molecule has 2 aliphatic rings. The average molecular weight is 294 g/mol. The minimum absolute atomic E-state index is 0.177. The van der Waals surface area contributed by atoms with Crippen LogP contribution < -0.4 is 0 Å². The predicted molar refractivity (Wildman–Crippen MR) is 63.5 cm³/mol. The maximum atomic E-state index is 5.59. The molecule has 16 heavy (non-hydrogen) atoms. The predicted octanol–water partition coefficient (Wildman–Crippen LogP) is 3.68. The van der Waals surface area contributed by atoms with Crippen LogP contribution in [0.2, 0.25) is 3.63 Å². The fourth-order valence-electron chi connectivity index (χ4n) is 2.59. The summed E-state index contributed by atoms with van der Waals surface area (Å²) in [6.45, 7) is 4.64. The van der Waals surface area contributed by atoms with Crippen molar-refractivity contribution in [1.82, 2.24) is 0 Å². The van der Waals surface area contributed by atoms with Gasteiger partial charge >= 0.3 is 111 Å². The Hall–Kier alpha value is -0.197. The van der Waals surface area contributed by atoms with E-state index >= 15 is 0 Å². The van der Waals surface area contributed by atoms with Crippen LogP contribution in [0.5, 0.6) is 0 Å². The number of rotatable bonds is 4. The first-order valence-corrected chi connectivity index (χ1v) is 8.06. The Kier molecular flexibility index (Phi) is 3.51. The molecule has 0 bridgehead atoms. The van der Waals surface area contributed by atoms with Crippen LogP contribution >= 0.6 is 0 Å². The first kappa shape index (κ1) is 12.3. The number of hydrogen-bond acceptors (Lipinski definition) is 1. The monoisotopic (exact) mass is 292 g/mol. The van der Waals surface area contributed by atoms with E-state index in [-0.39, 0.29) is 10.8 Å². The van der Waals surface area contributed by atoms with Gasteiger partial charge in [-0.05, 0) is 0 Å². The molecule has 2 aliphatic carbocycles. The Balaban J connectivity index is 2.30. The van der Waals surface area contributed by atoms with Crippen molar-refractivity contribution in [2.75, 3.05) is 7.11 Å². The van der Waals surface area contributed by atoms with Gasteiger partial charge in [0.1, 0.15) is 0 Å². The molecule has 0 saturated carbocycles. The van der Waals surface area contributed by atoms with Crippen LogP contribution in [0.25, 0.3) is 0 Å². The molecule has 0 aliphatic heterocycles. The summed E-state index contributed by atoms with van der Waals surface area (Å²) in [7, 11) is 1.86. The fraction of sp³-hybridized carbons (Fsp3) is 0.429. The Morgan fingerprint density at radius 3 is 1.56 bits per heavy atom. The molecule has 84 valence electrons. The van der Waals surface area contributed by atoms with Crippen molar-refractivity contribution in [1.29, 1.82) is 0 Å². The molecule has 0 saturated heterocycles. The van der Waals surface area contributed by atoms with Crippen molar-refractivity contribution in [3.8, 4) is 0 Å². The van der Waals surface area contributed by atoms with Crippen molar-refractivity contribution in [2.24, 2.45) is 10.8 Å². The molecular formula is C14H18OZr. The van der Waals surface area contributed by atoms with E-state index in [4.69, 9.17) is 2.81 Å². The molecular weight excluding hydrogens is 275 g/mol. The van der Waals surface area contributed by atoms with Crippen LogP contribution in [0.3, 0.4) is 0 Å². The molecule has 0 aromatic rings. The molecule has 0 heterocycles. The Labute approximate surface area is 110 Å². The van der Waals surface area contributed by atoms with Gasteiger partial charge in [-0.2, -0.15) is 0 Å². The van der Waals surface area contributed by atoms with Gasteiger partial charge in [-0.15, -0.1) is 0 Å². The summed E-state index contributed by atoms with van der Waals surface area (Å²) >= 11 is -0.836. The molecule has 0 aromatic carbocycles. The van der Waals surface area contributed by atoms with Crippen molar-refractivity contribution in [3.05, 3.63) is 48.6 Å². The number of allylic oxidation sites excluding steroid dienone is 8. The minimum atomic E-state index is -0.836. The van der Waals surface area contributed by atoms with E-state index in [9.17, 15) is 0 Å². The van der Waals surface area contributed by atoms with E-state index in [2.05, 4.69) is 62.5 Å². The summed E-state index contributed by atoms with van der Waals surface area (Å²) in [5.41, 5.74) is 0.353. The Bertz CT molecular complexity index is 318. The van der Waals surface area contributed by atoms with Gasteiger partial charge in [-0.3, -0.25) is 0 Å². The van der Waals surface area contributed by atoms with Gasteiger partial charge in [0, 0.05) is 0 Å². The van der Waals surface area contributed by atoms with Crippen LogP contribution in [0.15, 0.2) is 48.6 Å². The van der Waals surface area contributed by atoms with Crippen molar-refractivity contribution < 1.29 is 26.5 Å². The molecule has 1 nitrogen and oxygen atoms in total. The van der Waals surface area contributed by atoms with Gasteiger partial charge < -0.3 is 0 Å². The molecule has 0 aromatic heterocycles.